The number of aromatic nitrogens is 2. The van der Waals surface area contributed by atoms with Crippen molar-refractivity contribution in [1.29, 1.82) is 0 Å². The number of aromatic hydroxyl groups is 1. The molecule has 5 heterocycles. The summed E-state index contributed by atoms with van der Waals surface area (Å²) in [6.45, 7) is 5.27. The molecular weight excluding hydrogens is 1690 g/mol. The van der Waals surface area contributed by atoms with Crippen molar-refractivity contribution in [2.24, 2.45) is 34.8 Å². The van der Waals surface area contributed by atoms with E-state index in [0.29, 0.717) is 64.2 Å². The molecule has 3 fully saturated rings. The zero-order valence-electron chi connectivity index (χ0n) is 74.2. The summed E-state index contributed by atoms with van der Waals surface area (Å²) in [6, 6.07) is -0.312. The number of H-pyrrole nitrogens is 2. The Bertz CT molecular complexity index is 4820. The van der Waals surface area contributed by atoms with Crippen LogP contribution in [0, 0.1) is 11.8 Å². The van der Waals surface area contributed by atoms with E-state index in [4.69, 9.17) is 22.9 Å². The number of fused-ring (bicyclic) bond motifs is 4. The number of thioether (sulfide) groups is 1. The number of nitrogens with two attached hydrogens (primary N) is 4. The number of nitrogens with one attached hydrogen (secondary N) is 11. The van der Waals surface area contributed by atoms with Crippen LogP contribution in [0.15, 0.2) is 85.2 Å². The molecule has 3 saturated heterocycles. The third-order valence-corrected chi connectivity index (χ3v) is 24.6. The van der Waals surface area contributed by atoms with Gasteiger partial charge in [-0.3, -0.25) is 81.5 Å². The number of halogens is 1. The first kappa shape index (κ1) is 102. The molecule has 15 atom stereocenters. The predicted molar refractivity (Wildman–Crippen MR) is 476 cm³/mol. The maximum Gasteiger partial charge on any atom is 0.246 e. The molecule has 3 aromatic carbocycles. The average Bonchev–Trinajstić information content (AvgIpc) is 1.52. The van der Waals surface area contributed by atoms with Crippen LogP contribution in [0.5, 0.6) is 5.75 Å². The number of carbonyl (C=O) groups excluding carboxylic acids is 17. The third-order valence-electron chi connectivity index (χ3n) is 23.6. The molecule has 0 radical (unpaired) electrons. The van der Waals surface area contributed by atoms with Crippen LogP contribution >= 0.6 is 11.8 Å². The summed E-state index contributed by atoms with van der Waals surface area (Å²) in [4.78, 5) is 259. The molecule has 3 aliphatic heterocycles. The number of aromatic amines is 2. The van der Waals surface area contributed by atoms with Gasteiger partial charge in [0.1, 0.15) is 84.4 Å². The van der Waals surface area contributed by atoms with Gasteiger partial charge in [0.15, 0.2) is 5.78 Å². The first-order valence-corrected chi connectivity index (χ1v) is 44.9. The zero-order valence-corrected chi connectivity index (χ0v) is 75.0. The number of hydrogen-bond donors (Lipinski definition) is 17. The lowest BCUT2D eigenvalue weighted by molar-refractivity contribution is -0.149. The fourth-order valence-corrected chi connectivity index (χ4v) is 17.1. The molecule has 2 aromatic heterocycles. The Morgan fingerprint density at radius 1 is 0.566 bits per heavy atom. The number of nitrogens with zero attached hydrogens (tertiary/aromatic N) is 5. The van der Waals surface area contributed by atoms with Crippen LogP contribution in [0.2, 0.25) is 0 Å². The number of primary amides is 2. The standard InChI is InChI=1S/C88H125FN20O19S/c1-9-11-24-68-82(122)98-60(23-17-31-90)79(119)104-67(78(118)96-43-74(93)114)46-129-47-75(115)97-62(34-50-27-29-55(111)30-28-50)84(124)105(6)49(5)76(116)99-64(39-73(92)113)86(126)108-32-18-26-69(108)83(123)102-65(40-91)80(120)100-61(33-48(3)4)87(127)109-44-54(89)38-71(109)72(112)37-51(35-52-41-94-58-21-15-13-19-56(52)58)77(117)103-66(45-110)81(121)101-63(36-53-42-95-59-22-16-14-20-57(53)59)85(125)107(8)70(25-12-10-2)88(128)106(68)7/h13-16,19-22,27-30,41-42,48-49,51,54,60-71,94-95,110-111H,9-12,17-18,23-26,31-40,43-47,90-91H2,1-8H3,(H2,92,113)(H2,93,114)(H,96,118)(H,97,115)(H,98,122)(H,99,116)(H,100,120)(H,101,121)(H,102,123)(H,103,117)(H,104,119)/t49-,51+,54+,60-,61-,62-,63-,64-,65-,66-,67-,68-,69-,70-,71-/m0/s1. The second-order valence-corrected chi connectivity index (χ2v) is 34.7. The van der Waals surface area contributed by atoms with Crippen molar-refractivity contribution in [3.63, 3.8) is 0 Å². The molecule has 8 rings (SSSR count). The Kier molecular flexibility index (Phi) is 38.8. The normalized spacial score (nSPS) is 25.5. The summed E-state index contributed by atoms with van der Waals surface area (Å²) >= 11 is 0.778. The van der Waals surface area contributed by atoms with Crippen LogP contribution in [0.1, 0.15) is 141 Å². The Balaban J connectivity index is 1.18. The van der Waals surface area contributed by atoms with E-state index >= 15 is 38.0 Å². The van der Waals surface area contributed by atoms with Gasteiger partial charge in [-0.25, -0.2) is 4.39 Å². The fraction of sp³-hybridized carbons (Fsp3) is 0.557. The molecule has 39 nitrogen and oxygen atoms in total. The first-order chi connectivity index (χ1) is 61.4. The number of carbonyl (C=O) groups is 17. The maximum absolute atomic E-state index is 16.2. The number of aliphatic hydroxyl groups is 1. The highest BCUT2D eigenvalue weighted by atomic mass is 32.2. The van der Waals surface area contributed by atoms with Crippen LogP contribution in [0.25, 0.3) is 21.8 Å². The molecule has 0 bridgehead atoms. The van der Waals surface area contributed by atoms with E-state index in [2.05, 4.69) is 57.8 Å². The topological polar surface area (TPSA) is 591 Å². The SMILES string of the molecule is CCCC[C@H]1C(=O)N(C)[C@@H](CCCC)C(=O)N[C@@H](CCCN)C(=O)N[C@H](C(=O)NCC(N)=O)CSCC(=O)N[C@@H](Cc2ccc(O)cc2)C(=O)N(C)[C@@H](C)C(=O)N[C@@H](CC(N)=O)C(=O)N2CCC[C@H]2C(=O)N[C@@H](CN)C(=O)N[C@@H](CC(C)C)C(=O)N2C[C@H](F)C[C@H]2C(=O)C[C@@H](Cc2c[nH]c3ccccc23)C(=O)N[C@@H](CO)C(=O)N[C@@H](Cc2c[nH]c3ccccc23)C(=O)N1C. The van der Waals surface area contributed by atoms with Crippen LogP contribution < -0.4 is 70.8 Å². The molecule has 3 aliphatic rings. The van der Waals surface area contributed by atoms with Gasteiger partial charge in [0, 0.05) is 106 Å². The van der Waals surface area contributed by atoms with Crippen molar-refractivity contribution < 1.29 is 96.1 Å². The smallest absolute Gasteiger partial charge is 0.246 e. The second kappa shape index (κ2) is 48.9. The lowest BCUT2D eigenvalue weighted by atomic mass is 9.90. The van der Waals surface area contributed by atoms with Gasteiger partial charge < -0.3 is 115 Å². The van der Waals surface area contributed by atoms with Gasteiger partial charge in [-0.2, -0.15) is 0 Å². The minimum Gasteiger partial charge on any atom is -0.508 e. The number of amides is 16. The predicted octanol–water partition coefficient (Wildman–Crippen LogP) is -1.39. The number of likely N-dealkylation sites (N-methyl/N-ethyl adjacent to an activating group) is 3. The van der Waals surface area contributed by atoms with Gasteiger partial charge in [-0.1, -0.05) is 102 Å². The number of alkyl halides is 1. The van der Waals surface area contributed by atoms with Crippen LogP contribution in [0.4, 0.5) is 4.39 Å². The van der Waals surface area contributed by atoms with Crippen molar-refractivity contribution in [1.82, 2.24) is 82.3 Å². The highest BCUT2D eigenvalue weighted by Crippen LogP contribution is 2.31. The Morgan fingerprint density at radius 3 is 1.72 bits per heavy atom. The molecule has 129 heavy (non-hydrogen) atoms. The highest BCUT2D eigenvalue weighted by molar-refractivity contribution is 8.00. The number of benzene rings is 3. The number of ketones is 1. The number of rotatable bonds is 24. The summed E-state index contributed by atoms with van der Waals surface area (Å²) in [5.41, 5.74) is 26.0. The summed E-state index contributed by atoms with van der Waals surface area (Å²) in [6.07, 6.45) is 0.405. The van der Waals surface area contributed by atoms with Crippen molar-refractivity contribution in [3.05, 3.63) is 102 Å². The van der Waals surface area contributed by atoms with Crippen LogP contribution in [0.3, 0.4) is 0 Å². The van der Waals surface area contributed by atoms with Crippen LogP contribution in [-0.2, 0) is 101 Å². The van der Waals surface area contributed by atoms with Crippen molar-refractivity contribution in [3.8, 4) is 5.75 Å². The van der Waals surface area contributed by atoms with E-state index in [1.807, 2.05) is 13.8 Å². The molecule has 16 amide bonds. The van der Waals surface area contributed by atoms with Crippen molar-refractivity contribution >= 4 is 134 Å². The van der Waals surface area contributed by atoms with E-state index in [0.717, 1.165) is 36.3 Å². The molecule has 704 valence electrons. The zero-order chi connectivity index (χ0) is 94.6. The van der Waals surface area contributed by atoms with Gasteiger partial charge in [-0.05, 0) is 112 Å². The van der Waals surface area contributed by atoms with Gasteiger partial charge in [0.25, 0.3) is 0 Å². The van der Waals surface area contributed by atoms with Gasteiger partial charge >= 0.3 is 0 Å². The highest BCUT2D eigenvalue weighted by Gasteiger charge is 2.47. The summed E-state index contributed by atoms with van der Waals surface area (Å²) < 4.78 is 16.2. The monoisotopic (exact) mass is 1820 g/mol. The van der Waals surface area contributed by atoms with E-state index < -0.39 is 248 Å². The van der Waals surface area contributed by atoms with E-state index in [1.165, 1.54) is 52.3 Å². The molecule has 0 aliphatic carbocycles. The molecule has 21 N–H and O–H groups in total. The summed E-state index contributed by atoms with van der Waals surface area (Å²) in [7, 11) is 3.92. The Hall–Kier alpha value is -12.1. The van der Waals surface area contributed by atoms with Gasteiger partial charge in [-0.15, -0.1) is 11.8 Å². The summed E-state index contributed by atoms with van der Waals surface area (Å²) in [5, 5.41) is 46.0. The number of phenols is 1. The minimum absolute atomic E-state index is 0.00322. The Labute approximate surface area is 751 Å². The number of para-hydroxylation sites is 2. The van der Waals surface area contributed by atoms with Gasteiger partial charge in [0.05, 0.1) is 37.9 Å². The molecule has 0 saturated carbocycles. The summed E-state index contributed by atoms with van der Waals surface area (Å²) in [5.74, 6) is -18.7. The number of phenolic OH excluding ortho intramolecular Hbond substituents is 1. The van der Waals surface area contributed by atoms with E-state index in [-0.39, 0.29) is 89.0 Å². The molecular formula is C88H125FN20O19S. The lowest BCUT2D eigenvalue weighted by Gasteiger charge is -2.36. The second-order valence-electron chi connectivity index (χ2n) is 33.6. The number of hydrogen-bond acceptors (Lipinski definition) is 22. The number of aliphatic hydroxyl groups excluding tert-OH is 1. The van der Waals surface area contributed by atoms with E-state index in [1.54, 1.807) is 74.8 Å². The lowest BCUT2D eigenvalue weighted by Crippen LogP contribution is -2.61. The number of Topliss-reactive ketones (excluding diaryl/α,β-unsaturated/α-hetero) is 1. The average molecular weight is 1820 g/mol. The maximum atomic E-state index is 16.2. The van der Waals surface area contributed by atoms with Gasteiger partial charge in [0.2, 0.25) is 94.5 Å². The first-order valence-electron chi connectivity index (χ1n) is 43.7. The largest absolute Gasteiger partial charge is 0.508 e. The fourth-order valence-electron chi connectivity index (χ4n) is 16.2. The van der Waals surface area contributed by atoms with Crippen LogP contribution in [-0.4, -0.2) is 302 Å². The van der Waals surface area contributed by atoms with Crippen molar-refractivity contribution in [2.45, 2.75) is 228 Å². The molecule has 0 spiro atoms. The van der Waals surface area contributed by atoms with E-state index in [9.17, 15) is 58.2 Å². The quantitative estimate of drug-likeness (QED) is 0.0338. The molecule has 41 heteroatoms. The molecule has 5 aromatic rings. The Morgan fingerprint density at radius 2 is 1.12 bits per heavy atom. The third kappa shape index (κ3) is 28.2. The number of unbranched alkanes of at least 4 members (excludes halogenated alkanes) is 2. The van der Waals surface area contributed by atoms with Crippen molar-refractivity contribution in [2.75, 3.05) is 72.0 Å². The minimum atomic E-state index is -1.86. The molecule has 0 unspecified atom stereocenters.